The lowest BCUT2D eigenvalue weighted by atomic mass is 10.1. The van der Waals surface area contributed by atoms with Gasteiger partial charge in [0, 0.05) is 13.8 Å². The summed E-state index contributed by atoms with van der Waals surface area (Å²) in [6.45, 7) is 7.37. The predicted octanol–water partition coefficient (Wildman–Crippen LogP) is 5.37. The quantitative estimate of drug-likeness (QED) is 0.706. The molecule has 0 aliphatic carbocycles. The van der Waals surface area contributed by atoms with E-state index in [9.17, 15) is 0 Å². The van der Waals surface area contributed by atoms with E-state index in [-0.39, 0.29) is 6.04 Å². The van der Waals surface area contributed by atoms with Crippen LogP contribution >= 0.6 is 43.2 Å². The van der Waals surface area contributed by atoms with Gasteiger partial charge in [-0.3, -0.25) is 0 Å². The molecule has 1 heterocycles. The molecule has 2 nitrogen and oxygen atoms in total. The van der Waals surface area contributed by atoms with Gasteiger partial charge in [-0.1, -0.05) is 13.0 Å². The van der Waals surface area contributed by atoms with Crippen LogP contribution in [0.15, 0.2) is 27.1 Å². The summed E-state index contributed by atoms with van der Waals surface area (Å²) in [5.41, 5.74) is 2.37. The summed E-state index contributed by atoms with van der Waals surface area (Å²) < 4.78 is 2.14. The fourth-order valence-electron chi connectivity index (χ4n) is 1.95. The lowest BCUT2D eigenvalue weighted by Gasteiger charge is -2.17. The predicted molar refractivity (Wildman–Crippen MR) is 93.6 cm³/mol. The van der Waals surface area contributed by atoms with E-state index in [1.54, 1.807) is 11.3 Å². The van der Waals surface area contributed by atoms with Crippen LogP contribution in [-0.2, 0) is 0 Å². The fourth-order valence-corrected chi connectivity index (χ4v) is 3.62. The molecule has 0 fully saturated rings. The number of nitrogens with zero attached hydrogens (tertiary/aromatic N) is 1. The molecule has 5 heteroatoms. The Bertz CT molecular complexity index is 576. The Balaban J connectivity index is 2.38. The molecule has 1 aromatic carbocycles. The van der Waals surface area contributed by atoms with Crippen LogP contribution in [-0.4, -0.2) is 11.5 Å². The van der Waals surface area contributed by atoms with Crippen LogP contribution in [0.4, 0.5) is 0 Å². The number of aromatic nitrogens is 1. The molecule has 1 atom stereocenters. The summed E-state index contributed by atoms with van der Waals surface area (Å²) >= 11 is 8.88. The number of hydrogen-bond donors (Lipinski definition) is 1. The first kappa shape index (κ1) is 16.1. The third-order valence-corrected chi connectivity index (χ3v) is 6.18. The van der Waals surface area contributed by atoms with E-state index in [0.29, 0.717) is 0 Å². The van der Waals surface area contributed by atoms with Crippen molar-refractivity contribution in [1.29, 1.82) is 0 Å². The highest BCUT2D eigenvalue weighted by molar-refractivity contribution is 9.13. The Hall–Kier alpha value is -0.230. The molecule has 1 unspecified atom stereocenters. The maximum absolute atomic E-state index is 4.72. The zero-order chi connectivity index (χ0) is 14.7. The Kier molecular flexibility index (Phi) is 5.78. The van der Waals surface area contributed by atoms with Crippen molar-refractivity contribution in [2.45, 2.75) is 33.2 Å². The minimum atomic E-state index is 0.164. The summed E-state index contributed by atoms with van der Waals surface area (Å²) in [6, 6.07) is 6.54. The molecular weight excluding hydrogens is 400 g/mol. The second-order valence-electron chi connectivity index (χ2n) is 4.75. The molecule has 0 bridgehead atoms. The van der Waals surface area contributed by atoms with Crippen LogP contribution in [0.25, 0.3) is 0 Å². The summed E-state index contributed by atoms with van der Waals surface area (Å²) in [6.07, 6.45) is 1.11. The largest absolute Gasteiger partial charge is 0.304 e. The summed E-state index contributed by atoms with van der Waals surface area (Å²) in [4.78, 5) is 6.01. The molecule has 108 valence electrons. The number of rotatable bonds is 5. The Labute approximate surface area is 141 Å². The third kappa shape index (κ3) is 3.70. The SMILES string of the molecule is CCCNC(c1ccc(Br)c(Br)c1)c1nc(C)c(C)s1. The highest BCUT2D eigenvalue weighted by atomic mass is 79.9. The topological polar surface area (TPSA) is 24.9 Å². The normalized spacial score (nSPS) is 12.7. The molecule has 0 saturated heterocycles. The van der Waals surface area contributed by atoms with Gasteiger partial charge in [-0.2, -0.15) is 0 Å². The second kappa shape index (κ2) is 7.16. The molecular formula is C15H18Br2N2S. The average Bonchev–Trinajstić information content (AvgIpc) is 2.74. The summed E-state index contributed by atoms with van der Waals surface area (Å²) in [5, 5.41) is 4.74. The summed E-state index contributed by atoms with van der Waals surface area (Å²) in [7, 11) is 0. The van der Waals surface area contributed by atoms with Gasteiger partial charge < -0.3 is 5.32 Å². The number of thiazole rings is 1. The Morgan fingerprint density at radius 3 is 2.55 bits per heavy atom. The van der Waals surface area contributed by atoms with Crippen molar-refractivity contribution < 1.29 is 0 Å². The van der Waals surface area contributed by atoms with Gasteiger partial charge in [0.2, 0.25) is 0 Å². The summed E-state index contributed by atoms with van der Waals surface area (Å²) in [5.74, 6) is 0. The standard InChI is InChI=1S/C15H18Br2N2S/c1-4-7-18-14(15-19-9(2)10(3)20-15)11-5-6-12(16)13(17)8-11/h5-6,8,14,18H,4,7H2,1-3H3. The zero-order valence-corrected chi connectivity index (χ0v) is 15.8. The first-order valence-corrected chi connectivity index (χ1v) is 9.05. The molecule has 20 heavy (non-hydrogen) atoms. The van der Waals surface area contributed by atoms with Crippen molar-refractivity contribution in [2.24, 2.45) is 0 Å². The van der Waals surface area contributed by atoms with Crippen LogP contribution < -0.4 is 5.32 Å². The molecule has 1 N–H and O–H groups in total. The van der Waals surface area contributed by atoms with E-state index >= 15 is 0 Å². The number of nitrogens with one attached hydrogen (secondary N) is 1. The maximum atomic E-state index is 4.72. The molecule has 2 rings (SSSR count). The third-order valence-electron chi connectivity index (χ3n) is 3.17. The van der Waals surface area contributed by atoms with Crippen LogP contribution in [0.5, 0.6) is 0 Å². The van der Waals surface area contributed by atoms with Gasteiger partial charge >= 0.3 is 0 Å². The molecule has 0 aliphatic heterocycles. The lowest BCUT2D eigenvalue weighted by Crippen LogP contribution is -2.23. The van der Waals surface area contributed by atoms with E-state index in [1.165, 1.54) is 10.4 Å². The van der Waals surface area contributed by atoms with E-state index in [0.717, 1.165) is 32.6 Å². The molecule has 0 radical (unpaired) electrons. The zero-order valence-electron chi connectivity index (χ0n) is 11.8. The van der Waals surface area contributed by atoms with E-state index < -0.39 is 0 Å². The molecule has 1 aromatic heterocycles. The number of hydrogen-bond acceptors (Lipinski definition) is 3. The number of halogens is 2. The number of benzene rings is 1. The van der Waals surface area contributed by atoms with Crippen LogP contribution in [0.2, 0.25) is 0 Å². The Morgan fingerprint density at radius 1 is 1.25 bits per heavy atom. The number of aryl methyl sites for hydroxylation is 2. The van der Waals surface area contributed by atoms with Gasteiger partial charge in [-0.15, -0.1) is 11.3 Å². The van der Waals surface area contributed by atoms with Crippen LogP contribution in [0.1, 0.15) is 40.5 Å². The maximum Gasteiger partial charge on any atom is 0.115 e. The van der Waals surface area contributed by atoms with Crippen molar-refractivity contribution in [3.63, 3.8) is 0 Å². The van der Waals surface area contributed by atoms with Crippen molar-refractivity contribution >= 4 is 43.2 Å². The van der Waals surface area contributed by atoms with Crippen molar-refractivity contribution in [1.82, 2.24) is 10.3 Å². The van der Waals surface area contributed by atoms with E-state index in [4.69, 9.17) is 4.98 Å². The van der Waals surface area contributed by atoms with Gasteiger partial charge in [-0.25, -0.2) is 4.98 Å². The molecule has 0 saturated carbocycles. The smallest absolute Gasteiger partial charge is 0.115 e. The van der Waals surface area contributed by atoms with Gasteiger partial charge in [-0.05, 0) is 76.4 Å². The monoisotopic (exact) mass is 416 g/mol. The van der Waals surface area contributed by atoms with E-state index in [2.05, 4.69) is 76.1 Å². The molecule has 2 aromatic rings. The van der Waals surface area contributed by atoms with Crippen LogP contribution in [0.3, 0.4) is 0 Å². The van der Waals surface area contributed by atoms with E-state index in [1.807, 2.05) is 0 Å². The van der Waals surface area contributed by atoms with Gasteiger partial charge in [0.1, 0.15) is 5.01 Å². The van der Waals surface area contributed by atoms with Gasteiger partial charge in [0.15, 0.2) is 0 Å². The average molecular weight is 418 g/mol. The highest BCUT2D eigenvalue weighted by Gasteiger charge is 2.18. The van der Waals surface area contributed by atoms with Gasteiger partial charge in [0.25, 0.3) is 0 Å². The molecule has 0 spiro atoms. The van der Waals surface area contributed by atoms with Crippen molar-refractivity contribution in [3.05, 3.63) is 48.3 Å². The van der Waals surface area contributed by atoms with Crippen LogP contribution in [0, 0.1) is 13.8 Å². The minimum Gasteiger partial charge on any atom is -0.304 e. The first-order valence-electron chi connectivity index (χ1n) is 6.65. The van der Waals surface area contributed by atoms with Crippen molar-refractivity contribution in [3.8, 4) is 0 Å². The highest BCUT2D eigenvalue weighted by Crippen LogP contribution is 2.32. The first-order chi connectivity index (χ1) is 9.52. The lowest BCUT2D eigenvalue weighted by molar-refractivity contribution is 0.595. The fraction of sp³-hybridized carbons (Fsp3) is 0.400. The van der Waals surface area contributed by atoms with Gasteiger partial charge in [0.05, 0.1) is 11.7 Å². The Morgan fingerprint density at radius 2 is 2.00 bits per heavy atom. The minimum absolute atomic E-state index is 0.164. The molecule has 0 amide bonds. The second-order valence-corrected chi connectivity index (χ2v) is 7.70. The van der Waals surface area contributed by atoms with Crippen molar-refractivity contribution in [2.75, 3.05) is 6.54 Å². The molecule has 0 aliphatic rings.